The zero-order valence-electron chi connectivity index (χ0n) is 21.0. The first kappa shape index (κ1) is 27.4. The van der Waals surface area contributed by atoms with E-state index < -0.39 is 51.7 Å². The number of carbonyl (C=O) groups excluding carboxylic acids is 4. The Hall–Kier alpha value is -2.67. The molecule has 206 valence electrons. The molecule has 3 aliphatic heterocycles. The van der Waals surface area contributed by atoms with Crippen molar-refractivity contribution in [1.29, 1.82) is 0 Å². The van der Waals surface area contributed by atoms with Crippen LogP contribution in [0.2, 0.25) is 0 Å². The van der Waals surface area contributed by atoms with Gasteiger partial charge in [-0.1, -0.05) is 25.0 Å². The van der Waals surface area contributed by atoms with E-state index in [2.05, 4.69) is 10.0 Å². The lowest BCUT2D eigenvalue weighted by molar-refractivity contribution is -0.146. The van der Waals surface area contributed by atoms with Crippen molar-refractivity contribution >= 4 is 34.0 Å². The third kappa shape index (κ3) is 6.25. The molecule has 1 aliphatic carbocycles. The highest BCUT2D eigenvalue weighted by Gasteiger charge is 2.61. The number of carbonyl (C=O) groups is 4. The Morgan fingerprint density at radius 2 is 1.76 bits per heavy atom. The minimum Gasteiger partial charge on any atom is -0.436 e. The Morgan fingerprint density at radius 1 is 1.03 bits per heavy atom. The molecule has 0 aromatic carbocycles. The van der Waals surface area contributed by atoms with Gasteiger partial charge < -0.3 is 20.7 Å². The number of hydrogen-bond acceptors (Lipinski definition) is 7. The van der Waals surface area contributed by atoms with Crippen LogP contribution in [0.15, 0.2) is 12.2 Å². The number of primary amides is 1. The molecule has 4 atom stereocenters. The fraction of sp³-hybridized carbons (Fsp3) is 0.750. The molecule has 4 amide bonds. The van der Waals surface area contributed by atoms with E-state index in [0.29, 0.717) is 45.3 Å². The predicted octanol–water partition coefficient (Wildman–Crippen LogP) is 0.683. The number of fused-ring (bicyclic) bond motifs is 2. The molecule has 0 radical (unpaired) electrons. The van der Waals surface area contributed by atoms with Crippen LogP contribution in [0.5, 0.6) is 0 Å². The molecule has 4 unspecified atom stereocenters. The smallest absolute Gasteiger partial charge is 0.405 e. The van der Waals surface area contributed by atoms with Crippen LogP contribution in [0.4, 0.5) is 4.79 Å². The summed E-state index contributed by atoms with van der Waals surface area (Å²) in [5.41, 5.74) is 3.79. The summed E-state index contributed by atoms with van der Waals surface area (Å²) < 4.78 is 34.3. The maximum Gasteiger partial charge on any atom is 0.405 e. The SMILES string of the molecule is NC(=O)OC1CCCCCC=CC2CC2(C(=O)NS(=O)(=O)N2CCCCC2)NC(=O)C2CCCN2C1=O. The zero-order valence-corrected chi connectivity index (χ0v) is 21.8. The van der Waals surface area contributed by atoms with Gasteiger partial charge in [0, 0.05) is 25.6 Å². The van der Waals surface area contributed by atoms with Crippen molar-refractivity contribution in [3.8, 4) is 0 Å². The summed E-state index contributed by atoms with van der Waals surface area (Å²) in [5.74, 6) is -2.13. The van der Waals surface area contributed by atoms with Crippen molar-refractivity contribution in [1.82, 2.24) is 19.2 Å². The third-order valence-electron chi connectivity index (χ3n) is 7.72. The minimum absolute atomic E-state index is 0.269. The molecule has 13 heteroatoms. The van der Waals surface area contributed by atoms with Crippen molar-refractivity contribution in [2.75, 3.05) is 19.6 Å². The second-order valence-corrected chi connectivity index (χ2v) is 12.0. The number of allylic oxidation sites excluding steroid dienone is 1. The van der Waals surface area contributed by atoms with Gasteiger partial charge in [-0.2, -0.15) is 12.7 Å². The zero-order chi connectivity index (χ0) is 26.6. The van der Waals surface area contributed by atoms with Gasteiger partial charge in [0.25, 0.3) is 11.8 Å². The molecular weight excluding hydrogens is 502 g/mol. The van der Waals surface area contributed by atoms with Crippen molar-refractivity contribution < 1.29 is 32.3 Å². The van der Waals surface area contributed by atoms with E-state index in [-0.39, 0.29) is 12.3 Å². The second kappa shape index (κ2) is 11.4. The lowest BCUT2D eigenvalue weighted by Gasteiger charge is -2.30. The summed E-state index contributed by atoms with van der Waals surface area (Å²) in [4.78, 5) is 52.9. The summed E-state index contributed by atoms with van der Waals surface area (Å²) >= 11 is 0. The van der Waals surface area contributed by atoms with Gasteiger partial charge in [0.2, 0.25) is 5.91 Å². The normalized spacial score (nSPS) is 31.8. The molecule has 4 rings (SSSR count). The van der Waals surface area contributed by atoms with Crippen molar-refractivity contribution in [3.05, 3.63) is 12.2 Å². The summed E-state index contributed by atoms with van der Waals surface area (Å²) in [5, 5.41) is 2.80. The Kier molecular flexibility index (Phi) is 8.42. The number of nitrogens with zero attached hydrogens (tertiary/aromatic N) is 2. The molecule has 4 N–H and O–H groups in total. The van der Waals surface area contributed by atoms with Crippen LogP contribution in [-0.2, 0) is 29.3 Å². The molecule has 3 heterocycles. The molecule has 4 aliphatic rings. The van der Waals surface area contributed by atoms with Gasteiger partial charge in [-0.15, -0.1) is 0 Å². The molecule has 3 fully saturated rings. The molecule has 12 nitrogen and oxygen atoms in total. The van der Waals surface area contributed by atoms with Crippen LogP contribution in [0.1, 0.15) is 70.6 Å². The summed E-state index contributed by atoms with van der Waals surface area (Å²) in [6.45, 7) is 0.999. The van der Waals surface area contributed by atoms with Gasteiger partial charge in [-0.3, -0.25) is 14.4 Å². The van der Waals surface area contributed by atoms with E-state index in [1.54, 1.807) is 0 Å². The number of amides is 4. The maximum atomic E-state index is 13.4. The van der Waals surface area contributed by atoms with Crippen molar-refractivity contribution in [2.24, 2.45) is 11.7 Å². The minimum atomic E-state index is -4.04. The number of rotatable bonds is 4. The van der Waals surface area contributed by atoms with E-state index >= 15 is 0 Å². The van der Waals surface area contributed by atoms with Gasteiger partial charge in [0.15, 0.2) is 6.10 Å². The fourth-order valence-electron chi connectivity index (χ4n) is 5.55. The van der Waals surface area contributed by atoms with E-state index in [9.17, 15) is 27.6 Å². The fourth-order valence-corrected chi connectivity index (χ4v) is 6.84. The highest BCUT2D eigenvalue weighted by atomic mass is 32.2. The molecule has 0 aromatic rings. The Labute approximate surface area is 217 Å². The first-order valence-electron chi connectivity index (χ1n) is 13.2. The first-order valence-corrected chi connectivity index (χ1v) is 14.7. The van der Waals surface area contributed by atoms with E-state index in [4.69, 9.17) is 10.5 Å². The number of nitrogens with two attached hydrogens (primary N) is 1. The number of ether oxygens (including phenoxy) is 1. The summed E-state index contributed by atoms with van der Waals surface area (Å²) in [6, 6.07) is -0.856. The average molecular weight is 540 g/mol. The molecule has 2 saturated heterocycles. The highest BCUT2D eigenvalue weighted by Crippen LogP contribution is 2.45. The number of piperidine rings is 1. The van der Waals surface area contributed by atoms with E-state index in [0.717, 1.165) is 38.5 Å². The highest BCUT2D eigenvalue weighted by molar-refractivity contribution is 7.87. The van der Waals surface area contributed by atoms with Gasteiger partial charge in [0.05, 0.1) is 0 Å². The summed E-state index contributed by atoms with van der Waals surface area (Å²) in [7, 11) is -4.04. The average Bonchev–Trinajstić information content (AvgIpc) is 3.32. The van der Waals surface area contributed by atoms with E-state index in [1.165, 1.54) is 9.21 Å². The monoisotopic (exact) mass is 539 g/mol. The van der Waals surface area contributed by atoms with Crippen LogP contribution < -0.4 is 15.8 Å². The Morgan fingerprint density at radius 3 is 2.49 bits per heavy atom. The first-order chi connectivity index (χ1) is 17.6. The number of hydrogen-bond donors (Lipinski definition) is 3. The Bertz CT molecular complexity index is 1040. The lowest BCUT2D eigenvalue weighted by atomic mass is 10.1. The summed E-state index contributed by atoms with van der Waals surface area (Å²) in [6.07, 6.45) is 8.58. The lowest BCUT2D eigenvalue weighted by Crippen LogP contribution is -2.58. The Balaban J connectivity index is 1.55. The quantitative estimate of drug-likeness (QED) is 0.441. The van der Waals surface area contributed by atoms with Crippen LogP contribution in [0.3, 0.4) is 0 Å². The molecular formula is C24H37N5O7S. The molecule has 0 spiro atoms. The van der Waals surface area contributed by atoms with Gasteiger partial charge in [-0.25, -0.2) is 9.52 Å². The second-order valence-electron chi connectivity index (χ2n) is 10.3. The predicted molar refractivity (Wildman–Crippen MR) is 133 cm³/mol. The van der Waals surface area contributed by atoms with Crippen LogP contribution in [-0.4, -0.2) is 78.8 Å². The van der Waals surface area contributed by atoms with E-state index in [1.807, 2.05) is 12.2 Å². The largest absolute Gasteiger partial charge is 0.436 e. The van der Waals surface area contributed by atoms with Crippen LogP contribution in [0, 0.1) is 5.92 Å². The molecule has 37 heavy (non-hydrogen) atoms. The molecule has 0 bridgehead atoms. The van der Waals surface area contributed by atoms with Crippen LogP contribution >= 0.6 is 0 Å². The molecule has 1 saturated carbocycles. The van der Waals surface area contributed by atoms with Gasteiger partial charge in [-0.05, 0) is 57.8 Å². The van der Waals surface area contributed by atoms with Gasteiger partial charge >= 0.3 is 16.3 Å². The topological polar surface area (TPSA) is 168 Å². The van der Waals surface area contributed by atoms with Crippen molar-refractivity contribution in [2.45, 2.75) is 88.3 Å². The maximum absolute atomic E-state index is 13.4. The van der Waals surface area contributed by atoms with Crippen molar-refractivity contribution in [3.63, 3.8) is 0 Å². The van der Waals surface area contributed by atoms with Gasteiger partial charge in [0.1, 0.15) is 11.6 Å². The van der Waals surface area contributed by atoms with Crippen LogP contribution in [0.25, 0.3) is 0 Å². The molecule has 0 aromatic heterocycles. The standard InChI is InChI=1S/C24H37N5O7S/c25-23(33)36-19-12-6-3-1-2-5-10-17-16-24(17,26-20(30)18-11-9-15-29(18)21(19)31)22(32)27-37(34,35)28-13-7-4-8-14-28/h5,10,17-19H,1-4,6-9,11-16H2,(H2,25,33)(H,26,30)(H,27,32). The third-order valence-corrected chi connectivity index (χ3v) is 9.21. The number of nitrogens with one attached hydrogen (secondary N) is 2.